The van der Waals surface area contributed by atoms with Crippen LogP contribution in [0.15, 0.2) is 91.0 Å². The zero-order chi connectivity index (χ0) is 26.2. The van der Waals surface area contributed by atoms with Crippen LogP contribution in [0.4, 0.5) is 23.2 Å². The topological polar surface area (TPSA) is 61.0 Å². The summed E-state index contributed by atoms with van der Waals surface area (Å²) in [4.78, 5) is 10.7. The molecule has 0 N–H and O–H groups in total. The normalized spacial score (nSPS) is 11.7. The fourth-order valence-electron chi connectivity index (χ4n) is 4.43. The van der Waals surface area contributed by atoms with Crippen LogP contribution in [0.1, 0.15) is 22.3 Å². The largest absolute Gasteiger partial charge is 0.418 e. The van der Waals surface area contributed by atoms with Gasteiger partial charge < -0.3 is 0 Å². The van der Waals surface area contributed by atoms with Crippen LogP contribution in [0, 0.1) is 15.9 Å². The zero-order valence-corrected chi connectivity index (χ0v) is 19.2. The van der Waals surface area contributed by atoms with E-state index in [-0.39, 0.29) is 29.7 Å². The molecular weight excluding hydrogens is 486 g/mol. The molecule has 5 aromatic rings. The second-order valence-corrected chi connectivity index (χ2v) is 8.56. The molecule has 0 radical (unpaired) electrons. The third-order valence-electron chi connectivity index (χ3n) is 6.15. The minimum atomic E-state index is -4.57. The molecule has 1 heterocycles. The fourth-order valence-corrected chi connectivity index (χ4v) is 4.43. The van der Waals surface area contributed by atoms with Gasteiger partial charge in [-0.3, -0.25) is 14.8 Å². The van der Waals surface area contributed by atoms with Gasteiger partial charge in [0.25, 0.3) is 5.69 Å². The van der Waals surface area contributed by atoms with E-state index in [0.29, 0.717) is 22.2 Å². The molecule has 0 aliphatic heterocycles. The van der Waals surface area contributed by atoms with Crippen LogP contribution >= 0.6 is 0 Å². The van der Waals surface area contributed by atoms with Gasteiger partial charge in [-0.15, -0.1) is 0 Å². The molecule has 0 saturated carbocycles. The van der Waals surface area contributed by atoms with E-state index in [0.717, 1.165) is 11.6 Å². The van der Waals surface area contributed by atoms with Crippen molar-refractivity contribution in [3.8, 4) is 11.3 Å². The Labute approximate surface area is 208 Å². The smallest absolute Gasteiger partial charge is 0.259 e. The summed E-state index contributed by atoms with van der Waals surface area (Å²) in [5, 5.41) is 16.0. The lowest BCUT2D eigenvalue weighted by atomic mass is 9.99. The lowest BCUT2D eigenvalue weighted by Gasteiger charge is -2.10. The predicted molar refractivity (Wildman–Crippen MR) is 132 cm³/mol. The van der Waals surface area contributed by atoms with Crippen molar-refractivity contribution >= 4 is 16.6 Å². The number of aromatic nitrogens is 2. The van der Waals surface area contributed by atoms with Crippen molar-refractivity contribution in [1.82, 2.24) is 9.78 Å². The monoisotopic (exact) mass is 505 g/mol. The first-order chi connectivity index (χ1) is 17.7. The molecule has 9 heteroatoms. The number of fused-ring (bicyclic) bond motifs is 1. The molecule has 5 rings (SSSR count). The van der Waals surface area contributed by atoms with Gasteiger partial charge >= 0.3 is 6.18 Å². The van der Waals surface area contributed by atoms with Gasteiger partial charge in [-0.05, 0) is 23.3 Å². The highest BCUT2D eigenvalue weighted by Gasteiger charge is 2.34. The SMILES string of the molecule is O=[N+]([O-])c1cccc(F)c1Cc1ccc(-c2c3cccc(C(F)(F)F)c3nn2Cc2ccccc2)cc1. The van der Waals surface area contributed by atoms with Crippen LogP contribution in [0.5, 0.6) is 0 Å². The highest BCUT2D eigenvalue weighted by molar-refractivity contribution is 5.95. The van der Waals surface area contributed by atoms with E-state index in [1.165, 1.54) is 24.3 Å². The molecular formula is C28H19F4N3O2. The van der Waals surface area contributed by atoms with Gasteiger partial charge in [0.15, 0.2) is 0 Å². The van der Waals surface area contributed by atoms with Crippen molar-refractivity contribution in [2.75, 3.05) is 0 Å². The van der Waals surface area contributed by atoms with Crippen LogP contribution in [-0.2, 0) is 19.1 Å². The average molecular weight is 505 g/mol. The maximum Gasteiger partial charge on any atom is 0.418 e. The van der Waals surface area contributed by atoms with Crippen LogP contribution < -0.4 is 0 Å². The van der Waals surface area contributed by atoms with Gasteiger partial charge in [-0.25, -0.2) is 4.39 Å². The molecule has 0 fully saturated rings. The number of nitro benzene ring substituents is 1. The standard InChI is InChI=1S/C28H19F4N3O2/c29-24-10-5-11-25(35(36)37)22(24)16-18-12-14-20(15-13-18)27-21-8-4-9-23(28(30,31)32)26(21)33-34(27)17-19-6-2-1-3-7-19/h1-15H,16-17H2. The Morgan fingerprint density at radius 2 is 1.54 bits per heavy atom. The molecule has 0 amide bonds. The van der Waals surface area contributed by atoms with E-state index >= 15 is 0 Å². The minimum absolute atomic E-state index is 0.00842. The number of rotatable bonds is 6. The average Bonchev–Trinajstić information content (AvgIpc) is 3.23. The van der Waals surface area contributed by atoms with E-state index in [2.05, 4.69) is 5.10 Å². The van der Waals surface area contributed by atoms with Crippen LogP contribution in [0.3, 0.4) is 0 Å². The Morgan fingerprint density at radius 1 is 0.838 bits per heavy atom. The Hall–Kier alpha value is -4.53. The summed E-state index contributed by atoms with van der Waals surface area (Å²) < 4.78 is 57.1. The lowest BCUT2D eigenvalue weighted by molar-refractivity contribution is -0.385. The second kappa shape index (κ2) is 9.50. The summed E-state index contributed by atoms with van der Waals surface area (Å²) in [5.74, 6) is -0.676. The summed E-state index contributed by atoms with van der Waals surface area (Å²) in [6.07, 6.45) is -4.58. The molecule has 0 bridgehead atoms. The summed E-state index contributed by atoms with van der Waals surface area (Å²) in [6.45, 7) is 0.255. The highest BCUT2D eigenvalue weighted by Crippen LogP contribution is 2.38. The third kappa shape index (κ3) is 4.80. The predicted octanol–water partition coefficient (Wildman–Crippen LogP) is 7.41. The molecule has 0 aliphatic rings. The third-order valence-corrected chi connectivity index (χ3v) is 6.15. The summed E-state index contributed by atoms with van der Waals surface area (Å²) >= 11 is 0. The fraction of sp³-hybridized carbons (Fsp3) is 0.107. The molecule has 0 unspecified atom stereocenters. The number of benzene rings is 4. The van der Waals surface area contributed by atoms with Crippen molar-refractivity contribution in [3.05, 3.63) is 129 Å². The Balaban J connectivity index is 1.59. The molecule has 5 nitrogen and oxygen atoms in total. The maximum atomic E-state index is 14.4. The number of hydrogen-bond acceptors (Lipinski definition) is 3. The summed E-state index contributed by atoms with van der Waals surface area (Å²) in [6, 6.07) is 23.7. The number of alkyl halides is 3. The van der Waals surface area contributed by atoms with Crippen LogP contribution in [0.25, 0.3) is 22.2 Å². The Bertz CT molecular complexity index is 1590. The van der Waals surface area contributed by atoms with Crippen molar-refractivity contribution in [2.45, 2.75) is 19.1 Å². The van der Waals surface area contributed by atoms with Crippen LogP contribution in [-0.4, -0.2) is 14.7 Å². The molecule has 0 aliphatic carbocycles. The van der Waals surface area contributed by atoms with Crippen molar-refractivity contribution in [3.63, 3.8) is 0 Å². The van der Waals surface area contributed by atoms with Gasteiger partial charge in [0, 0.05) is 23.4 Å². The first-order valence-electron chi connectivity index (χ1n) is 11.3. The molecule has 0 atom stereocenters. The van der Waals surface area contributed by atoms with Gasteiger partial charge in [0.2, 0.25) is 0 Å². The van der Waals surface area contributed by atoms with Crippen molar-refractivity contribution in [2.24, 2.45) is 0 Å². The molecule has 1 aromatic heterocycles. The minimum Gasteiger partial charge on any atom is -0.259 e. The maximum absolute atomic E-state index is 14.4. The number of nitrogens with zero attached hydrogens (tertiary/aromatic N) is 3. The van der Waals surface area contributed by atoms with E-state index < -0.39 is 22.5 Å². The van der Waals surface area contributed by atoms with E-state index in [4.69, 9.17) is 0 Å². The zero-order valence-electron chi connectivity index (χ0n) is 19.2. The Kier molecular flexibility index (Phi) is 6.20. The van der Waals surface area contributed by atoms with Crippen molar-refractivity contribution in [1.29, 1.82) is 0 Å². The first kappa shape index (κ1) is 24.2. The van der Waals surface area contributed by atoms with Gasteiger partial charge in [-0.2, -0.15) is 18.3 Å². The molecule has 37 heavy (non-hydrogen) atoms. The molecule has 0 saturated heterocycles. The van der Waals surface area contributed by atoms with Gasteiger partial charge in [0.05, 0.1) is 28.3 Å². The number of nitro groups is 1. The Morgan fingerprint density at radius 3 is 2.22 bits per heavy atom. The van der Waals surface area contributed by atoms with E-state index in [9.17, 15) is 27.7 Å². The molecule has 0 spiro atoms. The lowest BCUT2D eigenvalue weighted by Crippen LogP contribution is -2.06. The van der Waals surface area contributed by atoms with E-state index in [1.54, 1.807) is 35.0 Å². The molecule has 186 valence electrons. The van der Waals surface area contributed by atoms with Crippen LogP contribution in [0.2, 0.25) is 0 Å². The summed E-state index contributed by atoms with van der Waals surface area (Å²) in [5.41, 5.74) is 1.30. The number of halogens is 4. The van der Waals surface area contributed by atoms with E-state index in [1.807, 2.05) is 30.3 Å². The highest BCUT2D eigenvalue weighted by atomic mass is 19.4. The van der Waals surface area contributed by atoms with Gasteiger partial charge in [0.1, 0.15) is 11.3 Å². The second-order valence-electron chi connectivity index (χ2n) is 8.56. The molecule has 4 aromatic carbocycles. The summed E-state index contributed by atoms with van der Waals surface area (Å²) in [7, 11) is 0. The number of hydrogen-bond donors (Lipinski definition) is 0. The van der Waals surface area contributed by atoms with Gasteiger partial charge in [-0.1, -0.05) is 72.8 Å². The van der Waals surface area contributed by atoms with Crippen molar-refractivity contribution < 1.29 is 22.5 Å². The quantitative estimate of drug-likeness (QED) is 0.137. The first-order valence-corrected chi connectivity index (χ1v) is 11.3.